The molecular formula is C22H21F3N8. The van der Waals surface area contributed by atoms with Crippen LogP contribution in [0.1, 0.15) is 42.4 Å². The fraction of sp³-hybridized carbons (Fsp3) is 0.409. The second kappa shape index (κ2) is 7.26. The second-order valence-corrected chi connectivity index (χ2v) is 8.70. The topological polar surface area (TPSA) is 86.3 Å². The summed E-state index contributed by atoms with van der Waals surface area (Å²) in [5, 5.41) is 12.3. The molecule has 33 heavy (non-hydrogen) atoms. The SMILES string of the molecule is Cn1c(-c2ccc(C(F)(F)F)cc2)nc2c(NC3CCc4nnc(C5CC5)n4C3)ncnc21. The van der Waals surface area contributed by atoms with Crippen molar-refractivity contribution < 1.29 is 13.2 Å². The fourth-order valence-corrected chi connectivity index (χ4v) is 4.47. The Labute approximate surface area is 186 Å². The van der Waals surface area contributed by atoms with Crippen LogP contribution in [0.2, 0.25) is 0 Å². The molecule has 0 spiro atoms. The minimum atomic E-state index is -4.38. The van der Waals surface area contributed by atoms with Gasteiger partial charge >= 0.3 is 6.18 Å². The van der Waals surface area contributed by atoms with Crippen molar-refractivity contribution in [3.8, 4) is 11.4 Å². The molecule has 3 aromatic heterocycles. The van der Waals surface area contributed by atoms with E-state index in [0.717, 1.165) is 43.2 Å². The number of nitrogens with one attached hydrogen (secondary N) is 1. The average Bonchev–Trinajstić information content (AvgIpc) is 3.47. The van der Waals surface area contributed by atoms with Gasteiger partial charge in [-0.2, -0.15) is 13.2 Å². The van der Waals surface area contributed by atoms with Crippen LogP contribution in [-0.4, -0.2) is 40.3 Å². The summed E-state index contributed by atoms with van der Waals surface area (Å²) in [6.07, 6.45) is 1.17. The van der Waals surface area contributed by atoms with E-state index in [4.69, 9.17) is 4.98 Å². The molecule has 8 nitrogen and oxygen atoms in total. The summed E-state index contributed by atoms with van der Waals surface area (Å²) in [6.45, 7) is 0.762. The number of benzene rings is 1. The third-order valence-corrected chi connectivity index (χ3v) is 6.39. The molecule has 4 heterocycles. The number of imidazole rings is 1. The minimum absolute atomic E-state index is 0.139. The van der Waals surface area contributed by atoms with Gasteiger partial charge in [0.05, 0.1) is 5.56 Å². The molecule has 1 saturated carbocycles. The smallest absolute Gasteiger partial charge is 0.364 e. The highest BCUT2D eigenvalue weighted by molar-refractivity contribution is 5.86. The predicted octanol–water partition coefficient (Wildman–Crippen LogP) is 3.94. The van der Waals surface area contributed by atoms with E-state index >= 15 is 0 Å². The van der Waals surface area contributed by atoms with Gasteiger partial charge in [-0.15, -0.1) is 10.2 Å². The van der Waals surface area contributed by atoms with Gasteiger partial charge in [-0.05, 0) is 31.4 Å². The van der Waals surface area contributed by atoms with E-state index < -0.39 is 11.7 Å². The number of hydrogen-bond acceptors (Lipinski definition) is 6. The monoisotopic (exact) mass is 454 g/mol. The van der Waals surface area contributed by atoms with E-state index in [1.54, 1.807) is 11.6 Å². The van der Waals surface area contributed by atoms with Gasteiger partial charge in [-0.3, -0.25) is 0 Å². The van der Waals surface area contributed by atoms with Gasteiger partial charge in [0.15, 0.2) is 17.0 Å². The lowest BCUT2D eigenvalue weighted by Gasteiger charge is -2.25. The van der Waals surface area contributed by atoms with Crippen LogP contribution in [0.15, 0.2) is 30.6 Å². The van der Waals surface area contributed by atoms with Gasteiger partial charge in [-0.1, -0.05) is 12.1 Å². The molecule has 0 saturated heterocycles. The first-order valence-corrected chi connectivity index (χ1v) is 10.9. The van der Waals surface area contributed by atoms with E-state index in [-0.39, 0.29) is 6.04 Å². The van der Waals surface area contributed by atoms with Crippen molar-refractivity contribution in [2.45, 2.75) is 50.4 Å². The zero-order valence-corrected chi connectivity index (χ0v) is 17.8. The molecule has 1 N–H and O–H groups in total. The van der Waals surface area contributed by atoms with Crippen LogP contribution < -0.4 is 5.32 Å². The Kier molecular flexibility index (Phi) is 4.43. The Balaban J connectivity index is 1.30. The van der Waals surface area contributed by atoms with Crippen LogP contribution in [0.3, 0.4) is 0 Å². The molecule has 0 bridgehead atoms. The Bertz CT molecular complexity index is 1330. The third kappa shape index (κ3) is 3.51. The molecule has 1 aromatic carbocycles. The van der Waals surface area contributed by atoms with Crippen molar-refractivity contribution in [3.63, 3.8) is 0 Å². The first-order chi connectivity index (χ1) is 15.9. The van der Waals surface area contributed by atoms with Gasteiger partial charge in [0.2, 0.25) is 0 Å². The van der Waals surface area contributed by atoms with Gasteiger partial charge in [0.1, 0.15) is 23.8 Å². The summed E-state index contributed by atoms with van der Waals surface area (Å²) in [7, 11) is 1.80. The molecule has 1 aliphatic heterocycles. The fourth-order valence-electron chi connectivity index (χ4n) is 4.47. The first kappa shape index (κ1) is 20.1. The van der Waals surface area contributed by atoms with Crippen molar-refractivity contribution >= 4 is 17.0 Å². The maximum atomic E-state index is 12.9. The lowest BCUT2D eigenvalue weighted by molar-refractivity contribution is -0.137. The van der Waals surface area contributed by atoms with Crippen molar-refractivity contribution in [1.82, 2.24) is 34.3 Å². The molecule has 11 heteroatoms. The Morgan fingerprint density at radius 3 is 2.55 bits per heavy atom. The van der Waals surface area contributed by atoms with Crippen molar-refractivity contribution in [1.29, 1.82) is 0 Å². The highest BCUT2D eigenvalue weighted by atomic mass is 19.4. The van der Waals surface area contributed by atoms with Gasteiger partial charge in [0, 0.05) is 37.5 Å². The Hall–Kier alpha value is -3.50. The lowest BCUT2D eigenvalue weighted by atomic mass is 10.1. The lowest BCUT2D eigenvalue weighted by Crippen LogP contribution is -2.32. The van der Waals surface area contributed by atoms with Crippen LogP contribution in [0.4, 0.5) is 19.0 Å². The van der Waals surface area contributed by atoms with Gasteiger partial charge in [-0.25, -0.2) is 15.0 Å². The molecule has 1 atom stereocenters. The number of aryl methyl sites for hydroxylation is 2. The highest BCUT2D eigenvalue weighted by Gasteiger charge is 2.33. The van der Waals surface area contributed by atoms with Crippen LogP contribution in [0.5, 0.6) is 0 Å². The summed E-state index contributed by atoms with van der Waals surface area (Å²) in [4.78, 5) is 13.5. The minimum Gasteiger partial charge on any atom is -0.364 e. The molecule has 2 aliphatic rings. The summed E-state index contributed by atoms with van der Waals surface area (Å²) < 4.78 is 42.8. The predicted molar refractivity (Wildman–Crippen MR) is 114 cm³/mol. The highest BCUT2D eigenvalue weighted by Crippen LogP contribution is 2.40. The number of alkyl halides is 3. The maximum absolute atomic E-state index is 12.9. The van der Waals surface area contributed by atoms with E-state index in [9.17, 15) is 13.2 Å². The Morgan fingerprint density at radius 2 is 1.82 bits per heavy atom. The molecule has 1 fully saturated rings. The average molecular weight is 454 g/mol. The summed E-state index contributed by atoms with van der Waals surface area (Å²) in [6, 6.07) is 5.13. The van der Waals surface area contributed by atoms with Crippen LogP contribution in [-0.2, 0) is 26.2 Å². The van der Waals surface area contributed by atoms with Crippen molar-refractivity contribution in [2.75, 3.05) is 5.32 Å². The molecular weight excluding hydrogens is 433 g/mol. The second-order valence-electron chi connectivity index (χ2n) is 8.70. The van der Waals surface area contributed by atoms with Gasteiger partial charge in [0.25, 0.3) is 0 Å². The third-order valence-electron chi connectivity index (χ3n) is 6.39. The molecule has 0 radical (unpaired) electrons. The van der Waals surface area contributed by atoms with Crippen molar-refractivity contribution in [3.05, 3.63) is 47.8 Å². The van der Waals surface area contributed by atoms with E-state index in [1.165, 1.54) is 31.3 Å². The molecule has 1 aliphatic carbocycles. The molecule has 4 aromatic rings. The maximum Gasteiger partial charge on any atom is 0.416 e. The molecule has 0 amide bonds. The molecule has 170 valence electrons. The van der Waals surface area contributed by atoms with E-state index in [0.29, 0.717) is 34.3 Å². The standard InChI is InChI=1S/C22H21F3N8/c1-32-19(12-4-6-14(7-5-12)22(23,24)25)29-17-18(26-11-27-21(17)32)28-15-8-9-16-30-31-20(13-2-3-13)33(16)10-15/h4-7,11,13,15H,2-3,8-10H2,1H3,(H,26,27,28). The van der Waals surface area contributed by atoms with Gasteiger partial charge < -0.3 is 14.5 Å². The van der Waals surface area contributed by atoms with E-state index in [2.05, 4.69) is 30.0 Å². The summed E-state index contributed by atoms with van der Waals surface area (Å²) in [5.74, 6) is 3.78. The number of nitrogens with zero attached hydrogens (tertiary/aromatic N) is 7. The zero-order chi connectivity index (χ0) is 22.7. The largest absolute Gasteiger partial charge is 0.416 e. The first-order valence-electron chi connectivity index (χ1n) is 10.9. The van der Waals surface area contributed by atoms with E-state index in [1.807, 2.05) is 0 Å². The van der Waals surface area contributed by atoms with Crippen LogP contribution in [0, 0.1) is 0 Å². The normalized spacial score (nSPS) is 18.5. The number of aromatic nitrogens is 7. The zero-order valence-electron chi connectivity index (χ0n) is 17.8. The Morgan fingerprint density at radius 1 is 1.03 bits per heavy atom. The summed E-state index contributed by atoms with van der Waals surface area (Å²) >= 11 is 0. The van der Waals surface area contributed by atoms with Crippen LogP contribution >= 0.6 is 0 Å². The van der Waals surface area contributed by atoms with Crippen molar-refractivity contribution in [2.24, 2.45) is 7.05 Å². The number of anilines is 1. The summed E-state index contributed by atoms with van der Waals surface area (Å²) in [5.41, 5.74) is 1.09. The number of hydrogen-bond donors (Lipinski definition) is 1. The number of rotatable bonds is 4. The number of fused-ring (bicyclic) bond motifs is 2. The van der Waals surface area contributed by atoms with Crippen LogP contribution in [0.25, 0.3) is 22.6 Å². The quantitative estimate of drug-likeness (QED) is 0.503. The molecule has 1 unspecified atom stereocenters. The number of halogens is 3. The molecule has 6 rings (SSSR count).